The molecule has 0 radical (unpaired) electrons. The molecule has 0 saturated heterocycles. The molecule has 0 heterocycles. The molecule has 4 aliphatic carbocycles. The zero-order valence-corrected chi connectivity index (χ0v) is 19.3. The summed E-state index contributed by atoms with van der Waals surface area (Å²) in [7, 11) is 0. The summed E-state index contributed by atoms with van der Waals surface area (Å²) in [5.41, 5.74) is 1.48. The van der Waals surface area contributed by atoms with Gasteiger partial charge in [-0.1, -0.05) is 45.3 Å². The lowest BCUT2D eigenvalue weighted by Gasteiger charge is -2.57. The molecule has 0 aromatic carbocycles. The van der Waals surface area contributed by atoms with Gasteiger partial charge in [0.05, 0.1) is 5.60 Å². The van der Waals surface area contributed by atoms with Crippen molar-refractivity contribution in [3.05, 3.63) is 23.8 Å². The third-order valence-corrected chi connectivity index (χ3v) is 9.76. The number of carbonyl (C=O) groups is 1. The molecule has 0 spiro atoms. The fraction of sp³-hybridized carbons (Fsp3) is 0.815. The number of hydrogen-bond donors (Lipinski definition) is 1. The summed E-state index contributed by atoms with van der Waals surface area (Å²) in [5, 5.41) is 10.1. The fourth-order valence-electron chi connectivity index (χ4n) is 8.23. The van der Waals surface area contributed by atoms with E-state index in [0.717, 1.165) is 42.9 Å². The first kappa shape index (κ1) is 21.3. The lowest BCUT2D eigenvalue weighted by atomic mass is 9.47. The van der Waals surface area contributed by atoms with Crippen molar-refractivity contribution in [3.63, 3.8) is 0 Å². The van der Waals surface area contributed by atoms with Crippen LogP contribution in [0.1, 0.15) is 92.4 Å². The van der Waals surface area contributed by atoms with Crippen LogP contribution in [0.5, 0.6) is 0 Å². The summed E-state index contributed by atoms with van der Waals surface area (Å²) in [5.74, 6) is 4.18. The van der Waals surface area contributed by atoms with E-state index in [1.54, 1.807) is 0 Å². The molecule has 0 aliphatic heterocycles. The van der Waals surface area contributed by atoms with E-state index in [0.29, 0.717) is 11.3 Å². The molecule has 3 fully saturated rings. The average molecular weight is 399 g/mol. The van der Waals surface area contributed by atoms with Crippen LogP contribution in [0.2, 0.25) is 0 Å². The Balaban J connectivity index is 1.48. The van der Waals surface area contributed by atoms with Crippen molar-refractivity contribution < 1.29 is 9.90 Å². The monoisotopic (exact) mass is 398 g/mol. The molecule has 0 aromatic heterocycles. The van der Waals surface area contributed by atoms with Gasteiger partial charge >= 0.3 is 0 Å². The zero-order valence-electron chi connectivity index (χ0n) is 19.3. The number of fused-ring (bicyclic) bond motifs is 5. The lowest BCUT2D eigenvalue weighted by Crippen LogP contribution is -2.50. The summed E-state index contributed by atoms with van der Waals surface area (Å²) in [6.07, 6.45) is 17.2. The van der Waals surface area contributed by atoms with Crippen LogP contribution in [0.3, 0.4) is 0 Å². The minimum atomic E-state index is -0.530. The van der Waals surface area contributed by atoms with Gasteiger partial charge in [0.25, 0.3) is 0 Å². The van der Waals surface area contributed by atoms with E-state index < -0.39 is 5.60 Å². The number of allylic oxidation sites excluding steroid dienone is 4. The maximum Gasteiger partial charge on any atom is 0.178 e. The maximum atomic E-state index is 11.9. The quantitative estimate of drug-likeness (QED) is 0.575. The van der Waals surface area contributed by atoms with Crippen molar-refractivity contribution in [2.24, 2.45) is 40.4 Å². The summed E-state index contributed by atoms with van der Waals surface area (Å²) >= 11 is 0. The summed E-state index contributed by atoms with van der Waals surface area (Å²) in [6.45, 7) is 11.4. The van der Waals surface area contributed by atoms with Crippen molar-refractivity contribution in [2.45, 2.75) is 98.0 Å². The van der Waals surface area contributed by atoms with Gasteiger partial charge in [-0.3, -0.25) is 4.79 Å². The maximum absolute atomic E-state index is 11.9. The topological polar surface area (TPSA) is 37.3 Å². The number of hydrogen-bond acceptors (Lipinski definition) is 2. The molecule has 0 aromatic rings. The SMILES string of the molecule is CC(CCCC(C)(C)O)[C@H]1CC[C@H]2[C@@H]3CCC4=CC(=O)C=C[C@]4(C)[C@H]3CC[C@]12C. The van der Waals surface area contributed by atoms with Crippen LogP contribution >= 0.6 is 0 Å². The predicted octanol–water partition coefficient (Wildman–Crippen LogP) is 6.49. The molecular weight excluding hydrogens is 356 g/mol. The molecule has 4 rings (SSSR count). The Morgan fingerprint density at radius 1 is 1.17 bits per heavy atom. The molecule has 162 valence electrons. The number of aliphatic hydroxyl groups is 1. The first-order valence-electron chi connectivity index (χ1n) is 12.2. The summed E-state index contributed by atoms with van der Waals surface area (Å²) in [4.78, 5) is 11.9. The van der Waals surface area contributed by atoms with Crippen LogP contribution in [0.25, 0.3) is 0 Å². The highest BCUT2D eigenvalue weighted by atomic mass is 16.3. The average Bonchev–Trinajstić information content (AvgIpc) is 2.98. The highest BCUT2D eigenvalue weighted by Crippen LogP contribution is 2.67. The fourth-order valence-corrected chi connectivity index (χ4v) is 8.23. The molecular formula is C27H42O2. The van der Waals surface area contributed by atoms with E-state index >= 15 is 0 Å². The standard InChI is InChI=1S/C27H42O2/c1-18(7-6-14-25(2,3)29)22-10-11-23-21-9-8-19-17-20(28)12-15-26(19,4)24(21)13-16-27(22,23)5/h12,15,17-18,21-24,29H,6-11,13-14,16H2,1-5H3/t18?,21-,22+,23-,24-,26-,27+/m0/s1. The van der Waals surface area contributed by atoms with Crippen molar-refractivity contribution >= 4 is 5.78 Å². The van der Waals surface area contributed by atoms with Gasteiger partial charge in [0.1, 0.15) is 0 Å². The molecule has 1 unspecified atom stereocenters. The number of ketones is 1. The molecule has 2 nitrogen and oxygen atoms in total. The first-order valence-corrected chi connectivity index (χ1v) is 12.2. The lowest BCUT2D eigenvalue weighted by molar-refractivity contribution is -0.111. The van der Waals surface area contributed by atoms with E-state index in [4.69, 9.17) is 0 Å². The molecule has 1 N–H and O–H groups in total. The molecule has 29 heavy (non-hydrogen) atoms. The Hall–Kier alpha value is -0.890. The third kappa shape index (κ3) is 3.68. The van der Waals surface area contributed by atoms with E-state index in [1.165, 1.54) is 44.1 Å². The molecule has 0 amide bonds. The van der Waals surface area contributed by atoms with Gasteiger partial charge in [0.2, 0.25) is 0 Å². The van der Waals surface area contributed by atoms with Gasteiger partial charge in [0.15, 0.2) is 5.78 Å². The Kier molecular flexibility index (Phi) is 5.42. The molecule has 2 heteroatoms. The smallest absolute Gasteiger partial charge is 0.178 e. The largest absolute Gasteiger partial charge is 0.390 e. The highest BCUT2D eigenvalue weighted by Gasteiger charge is 2.58. The minimum Gasteiger partial charge on any atom is -0.390 e. The van der Waals surface area contributed by atoms with Gasteiger partial charge in [-0.15, -0.1) is 0 Å². The first-order chi connectivity index (χ1) is 13.5. The second-order valence-electron chi connectivity index (χ2n) is 12.0. The van der Waals surface area contributed by atoms with Crippen LogP contribution in [-0.4, -0.2) is 16.5 Å². The number of carbonyl (C=O) groups excluding carboxylic acids is 1. The Morgan fingerprint density at radius 2 is 1.93 bits per heavy atom. The molecule has 7 atom stereocenters. The summed E-state index contributed by atoms with van der Waals surface area (Å²) < 4.78 is 0. The van der Waals surface area contributed by atoms with Crippen molar-refractivity contribution in [3.8, 4) is 0 Å². The van der Waals surface area contributed by atoms with E-state index in [-0.39, 0.29) is 11.2 Å². The van der Waals surface area contributed by atoms with Crippen molar-refractivity contribution in [2.75, 3.05) is 0 Å². The molecule has 4 aliphatic rings. The van der Waals surface area contributed by atoms with Gasteiger partial charge in [0, 0.05) is 5.41 Å². The van der Waals surface area contributed by atoms with Gasteiger partial charge < -0.3 is 5.11 Å². The van der Waals surface area contributed by atoms with Crippen LogP contribution < -0.4 is 0 Å². The minimum absolute atomic E-state index is 0.120. The predicted molar refractivity (Wildman–Crippen MR) is 119 cm³/mol. The Bertz CT molecular complexity index is 711. The van der Waals surface area contributed by atoms with Crippen molar-refractivity contribution in [1.29, 1.82) is 0 Å². The Labute approximate surface area is 178 Å². The van der Waals surface area contributed by atoms with E-state index in [9.17, 15) is 9.90 Å². The molecule has 3 saturated carbocycles. The van der Waals surface area contributed by atoms with Crippen LogP contribution in [0.4, 0.5) is 0 Å². The second kappa shape index (κ2) is 7.36. The van der Waals surface area contributed by atoms with Gasteiger partial charge in [-0.05, 0) is 106 Å². The van der Waals surface area contributed by atoms with Crippen LogP contribution in [-0.2, 0) is 4.79 Å². The summed E-state index contributed by atoms with van der Waals surface area (Å²) in [6, 6.07) is 0. The highest BCUT2D eigenvalue weighted by molar-refractivity contribution is 6.01. The third-order valence-electron chi connectivity index (χ3n) is 9.76. The van der Waals surface area contributed by atoms with Crippen LogP contribution in [0.15, 0.2) is 23.8 Å². The van der Waals surface area contributed by atoms with Gasteiger partial charge in [-0.25, -0.2) is 0 Å². The van der Waals surface area contributed by atoms with E-state index in [2.05, 4.69) is 26.8 Å². The Morgan fingerprint density at radius 3 is 2.66 bits per heavy atom. The molecule has 0 bridgehead atoms. The van der Waals surface area contributed by atoms with Gasteiger partial charge in [-0.2, -0.15) is 0 Å². The van der Waals surface area contributed by atoms with E-state index in [1.807, 2.05) is 26.0 Å². The number of rotatable bonds is 5. The second-order valence-corrected chi connectivity index (χ2v) is 12.0. The van der Waals surface area contributed by atoms with Crippen LogP contribution in [0, 0.1) is 40.4 Å². The zero-order chi connectivity index (χ0) is 21.0. The van der Waals surface area contributed by atoms with Crippen molar-refractivity contribution in [1.82, 2.24) is 0 Å². The normalized spacial score (nSPS) is 42.7.